The summed E-state index contributed by atoms with van der Waals surface area (Å²) in [5, 5.41) is 3.08. The second-order valence-electron chi connectivity index (χ2n) is 3.66. The normalized spacial score (nSPS) is 10.6. The number of H-pyrrole nitrogens is 1. The van der Waals surface area contributed by atoms with Gasteiger partial charge in [-0.05, 0) is 35.9 Å². The van der Waals surface area contributed by atoms with Crippen LogP contribution in [-0.4, -0.2) is 12.0 Å². The van der Waals surface area contributed by atoms with E-state index in [9.17, 15) is 4.79 Å². The monoisotopic (exact) mass is 226 g/mol. The van der Waals surface area contributed by atoms with Crippen LogP contribution in [0, 0.1) is 0 Å². The van der Waals surface area contributed by atoms with Gasteiger partial charge in [0, 0.05) is 24.5 Å². The van der Waals surface area contributed by atoms with Crippen LogP contribution in [0.15, 0.2) is 47.4 Å². The van der Waals surface area contributed by atoms with Crippen LogP contribution in [0.2, 0.25) is 0 Å². The first-order valence-electron chi connectivity index (χ1n) is 5.43. The third-order valence-corrected chi connectivity index (χ3v) is 2.48. The zero-order valence-corrected chi connectivity index (χ0v) is 9.60. The number of nitrogens with one attached hydrogen (secondary N) is 2. The summed E-state index contributed by atoms with van der Waals surface area (Å²) in [6, 6.07) is 11.6. The van der Waals surface area contributed by atoms with Gasteiger partial charge in [0.15, 0.2) is 0 Å². The van der Waals surface area contributed by atoms with E-state index in [-0.39, 0.29) is 5.56 Å². The molecule has 0 saturated heterocycles. The molecule has 0 amide bonds. The Balaban J connectivity index is 2.26. The van der Waals surface area contributed by atoms with Crippen LogP contribution >= 0.6 is 0 Å². The highest BCUT2D eigenvalue weighted by molar-refractivity contribution is 5.70. The lowest BCUT2D eigenvalue weighted by Crippen LogP contribution is -2.06. The molecule has 0 aliphatic heterocycles. The fourth-order valence-electron chi connectivity index (χ4n) is 1.55. The lowest BCUT2D eigenvalue weighted by Gasteiger charge is -2.00. The summed E-state index contributed by atoms with van der Waals surface area (Å²) in [5.41, 5.74) is 2.69. The Bertz CT molecular complexity index is 585. The summed E-state index contributed by atoms with van der Waals surface area (Å²) in [6.07, 6.45) is 5.36. The summed E-state index contributed by atoms with van der Waals surface area (Å²) in [6.45, 7) is 0. The Hall–Kier alpha value is -2.29. The third-order valence-electron chi connectivity index (χ3n) is 2.48. The molecule has 2 aromatic rings. The van der Waals surface area contributed by atoms with E-state index in [1.165, 1.54) is 0 Å². The van der Waals surface area contributed by atoms with Crippen molar-refractivity contribution in [3.05, 3.63) is 64.1 Å². The summed E-state index contributed by atoms with van der Waals surface area (Å²) in [4.78, 5) is 14.1. The Morgan fingerprint density at radius 2 is 2.06 bits per heavy atom. The van der Waals surface area contributed by atoms with Crippen molar-refractivity contribution in [3.8, 4) is 0 Å². The van der Waals surface area contributed by atoms with E-state index in [1.807, 2.05) is 49.5 Å². The molecule has 0 unspecified atom stereocenters. The molecule has 0 aliphatic carbocycles. The van der Waals surface area contributed by atoms with Gasteiger partial charge >= 0.3 is 0 Å². The summed E-state index contributed by atoms with van der Waals surface area (Å²) in [5.74, 6) is 0. The number of pyridine rings is 1. The van der Waals surface area contributed by atoms with Crippen molar-refractivity contribution in [1.29, 1.82) is 0 Å². The quantitative estimate of drug-likeness (QED) is 0.845. The molecule has 0 atom stereocenters. The van der Waals surface area contributed by atoms with Gasteiger partial charge in [0.25, 0.3) is 5.56 Å². The number of hydrogen-bond donors (Lipinski definition) is 2. The van der Waals surface area contributed by atoms with E-state index in [1.54, 1.807) is 12.3 Å². The van der Waals surface area contributed by atoms with Crippen LogP contribution in [0.5, 0.6) is 0 Å². The fourth-order valence-corrected chi connectivity index (χ4v) is 1.55. The Labute approximate surface area is 99.8 Å². The molecule has 0 radical (unpaired) electrons. The standard InChI is InChI=1S/C14H14N2O/c1-15-13-6-2-4-11(10-13)7-8-12-5-3-9-16-14(12)17/h2-10,15H,1H3,(H,16,17)/b8-7+. The molecule has 3 heteroatoms. The van der Waals surface area contributed by atoms with Crippen LogP contribution in [0.3, 0.4) is 0 Å². The van der Waals surface area contributed by atoms with Crippen LogP contribution in [0.1, 0.15) is 11.1 Å². The van der Waals surface area contributed by atoms with Crippen molar-refractivity contribution in [2.45, 2.75) is 0 Å². The van der Waals surface area contributed by atoms with Crippen molar-refractivity contribution in [1.82, 2.24) is 4.98 Å². The van der Waals surface area contributed by atoms with E-state index in [0.29, 0.717) is 5.56 Å². The van der Waals surface area contributed by atoms with E-state index in [0.717, 1.165) is 11.3 Å². The predicted octanol–water partition coefficient (Wildman–Crippen LogP) is 2.59. The molecule has 1 heterocycles. The van der Waals surface area contributed by atoms with Crippen LogP contribution in [0.25, 0.3) is 12.2 Å². The average molecular weight is 226 g/mol. The van der Waals surface area contributed by atoms with E-state index in [2.05, 4.69) is 10.3 Å². The van der Waals surface area contributed by atoms with Crippen molar-refractivity contribution >= 4 is 17.8 Å². The van der Waals surface area contributed by atoms with Gasteiger partial charge in [-0.15, -0.1) is 0 Å². The molecule has 0 aliphatic rings. The van der Waals surface area contributed by atoms with Crippen LogP contribution < -0.4 is 10.9 Å². The first-order chi connectivity index (χ1) is 8.29. The van der Waals surface area contributed by atoms with Gasteiger partial charge in [-0.1, -0.05) is 18.2 Å². The highest BCUT2D eigenvalue weighted by Gasteiger charge is 1.93. The van der Waals surface area contributed by atoms with Gasteiger partial charge in [0.1, 0.15) is 0 Å². The lowest BCUT2D eigenvalue weighted by molar-refractivity contribution is 1.23. The summed E-state index contributed by atoms with van der Waals surface area (Å²) >= 11 is 0. The molecule has 0 saturated carbocycles. The molecule has 0 bridgehead atoms. The van der Waals surface area contributed by atoms with Gasteiger partial charge in [-0.25, -0.2) is 0 Å². The lowest BCUT2D eigenvalue weighted by atomic mass is 10.1. The first kappa shape index (κ1) is 11.2. The van der Waals surface area contributed by atoms with E-state index < -0.39 is 0 Å². The molecular formula is C14H14N2O. The minimum absolute atomic E-state index is 0.0754. The zero-order chi connectivity index (χ0) is 12.1. The molecule has 1 aromatic heterocycles. The first-order valence-corrected chi connectivity index (χ1v) is 5.43. The number of aromatic amines is 1. The SMILES string of the molecule is CNc1cccc(/C=C/c2ccc[nH]c2=O)c1. The van der Waals surface area contributed by atoms with E-state index >= 15 is 0 Å². The van der Waals surface area contributed by atoms with E-state index in [4.69, 9.17) is 0 Å². The maximum Gasteiger partial charge on any atom is 0.255 e. The molecule has 3 nitrogen and oxygen atoms in total. The third kappa shape index (κ3) is 2.84. The molecule has 1 aromatic carbocycles. The Morgan fingerprint density at radius 3 is 2.82 bits per heavy atom. The number of anilines is 1. The molecule has 2 rings (SSSR count). The number of aromatic nitrogens is 1. The fraction of sp³-hybridized carbons (Fsp3) is 0.0714. The molecule has 0 fully saturated rings. The molecular weight excluding hydrogens is 212 g/mol. The largest absolute Gasteiger partial charge is 0.388 e. The van der Waals surface area contributed by atoms with Crippen molar-refractivity contribution in [2.24, 2.45) is 0 Å². The van der Waals surface area contributed by atoms with Crippen molar-refractivity contribution < 1.29 is 0 Å². The second-order valence-corrected chi connectivity index (χ2v) is 3.66. The predicted molar refractivity (Wildman–Crippen MR) is 72.0 cm³/mol. The highest BCUT2D eigenvalue weighted by Crippen LogP contribution is 2.12. The van der Waals surface area contributed by atoms with Crippen molar-refractivity contribution in [2.75, 3.05) is 12.4 Å². The maximum absolute atomic E-state index is 11.4. The summed E-state index contributed by atoms with van der Waals surface area (Å²) in [7, 11) is 1.88. The van der Waals surface area contributed by atoms with Gasteiger partial charge in [0.05, 0.1) is 0 Å². The van der Waals surface area contributed by atoms with Gasteiger partial charge in [-0.3, -0.25) is 4.79 Å². The Kier molecular flexibility index (Phi) is 3.40. The van der Waals surface area contributed by atoms with Gasteiger partial charge in [0.2, 0.25) is 0 Å². The maximum atomic E-state index is 11.4. The topological polar surface area (TPSA) is 44.9 Å². The average Bonchev–Trinajstić information content (AvgIpc) is 2.38. The zero-order valence-electron chi connectivity index (χ0n) is 9.60. The van der Waals surface area contributed by atoms with Crippen LogP contribution in [0.4, 0.5) is 5.69 Å². The summed E-state index contributed by atoms with van der Waals surface area (Å²) < 4.78 is 0. The number of rotatable bonds is 3. The molecule has 0 spiro atoms. The van der Waals surface area contributed by atoms with Crippen molar-refractivity contribution in [3.63, 3.8) is 0 Å². The molecule has 2 N–H and O–H groups in total. The van der Waals surface area contributed by atoms with Crippen LogP contribution in [-0.2, 0) is 0 Å². The minimum atomic E-state index is -0.0754. The second kappa shape index (κ2) is 5.16. The van der Waals surface area contributed by atoms with Gasteiger partial charge in [-0.2, -0.15) is 0 Å². The molecule has 17 heavy (non-hydrogen) atoms. The molecule has 86 valence electrons. The smallest absolute Gasteiger partial charge is 0.255 e. The Morgan fingerprint density at radius 1 is 1.18 bits per heavy atom. The number of benzene rings is 1. The highest BCUT2D eigenvalue weighted by atomic mass is 16.1. The number of hydrogen-bond acceptors (Lipinski definition) is 2. The van der Waals surface area contributed by atoms with Gasteiger partial charge < -0.3 is 10.3 Å². The minimum Gasteiger partial charge on any atom is -0.388 e.